The van der Waals surface area contributed by atoms with Gasteiger partial charge in [-0.25, -0.2) is 0 Å². The van der Waals surface area contributed by atoms with Crippen molar-refractivity contribution in [2.75, 3.05) is 13.2 Å². The van der Waals surface area contributed by atoms with Crippen LogP contribution in [0, 0.1) is 0 Å². The molecule has 3 rings (SSSR count). The molecular formula is C18H20ClNO. The molecule has 3 heteroatoms. The van der Waals surface area contributed by atoms with E-state index in [2.05, 4.69) is 42.6 Å². The fourth-order valence-corrected chi connectivity index (χ4v) is 2.90. The Balaban J connectivity index is 1.92. The van der Waals surface area contributed by atoms with Crippen molar-refractivity contribution in [1.29, 1.82) is 0 Å². The van der Waals surface area contributed by atoms with Gasteiger partial charge >= 0.3 is 0 Å². The first-order chi connectivity index (χ1) is 10.3. The van der Waals surface area contributed by atoms with Gasteiger partial charge in [-0.1, -0.05) is 42.8 Å². The Bertz CT molecular complexity index is 639. The van der Waals surface area contributed by atoms with Gasteiger partial charge in [-0.05, 0) is 41.8 Å². The molecule has 0 spiro atoms. The number of halogens is 1. The van der Waals surface area contributed by atoms with E-state index in [0.717, 1.165) is 48.9 Å². The van der Waals surface area contributed by atoms with Gasteiger partial charge in [-0.15, -0.1) is 0 Å². The topological polar surface area (TPSA) is 21.3 Å². The lowest BCUT2D eigenvalue weighted by Crippen LogP contribution is -2.14. The molecule has 1 heterocycles. The van der Waals surface area contributed by atoms with Crippen LogP contribution < -0.4 is 10.1 Å². The van der Waals surface area contributed by atoms with E-state index < -0.39 is 0 Å². The zero-order chi connectivity index (χ0) is 14.7. The zero-order valence-corrected chi connectivity index (χ0v) is 13.0. The Morgan fingerprint density at radius 3 is 3.00 bits per heavy atom. The van der Waals surface area contributed by atoms with Crippen LogP contribution in [-0.2, 0) is 13.0 Å². The molecule has 0 saturated carbocycles. The summed E-state index contributed by atoms with van der Waals surface area (Å²) in [7, 11) is 0. The fourth-order valence-electron chi connectivity index (χ4n) is 2.72. The third-order valence-electron chi connectivity index (χ3n) is 3.81. The van der Waals surface area contributed by atoms with Crippen molar-refractivity contribution in [1.82, 2.24) is 5.32 Å². The van der Waals surface area contributed by atoms with E-state index in [1.807, 2.05) is 6.07 Å². The number of fused-ring (bicyclic) bond motifs is 1. The maximum atomic E-state index is 6.31. The quantitative estimate of drug-likeness (QED) is 0.824. The third kappa shape index (κ3) is 3.07. The number of benzene rings is 2. The van der Waals surface area contributed by atoms with Gasteiger partial charge in [-0.3, -0.25) is 0 Å². The number of hydrogen-bond acceptors (Lipinski definition) is 2. The summed E-state index contributed by atoms with van der Waals surface area (Å²) >= 11 is 6.31. The molecule has 2 aromatic carbocycles. The summed E-state index contributed by atoms with van der Waals surface area (Å²) in [6, 6.07) is 12.6. The Labute approximate surface area is 131 Å². The number of rotatable bonds is 5. The first-order valence-corrected chi connectivity index (χ1v) is 7.91. The minimum atomic E-state index is 0.783. The number of nitrogens with one attached hydrogen (secondary N) is 1. The summed E-state index contributed by atoms with van der Waals surface area (Å²) < 4.78 is 5.80. The third-order valence-corrected chi connectivity index (χ3v) is 4.18. The van der Waals surface area contributed by atoms with E-state index in [1.165, 1.54) is 16.7 Å². The van der Waals surface area contributed by atoms with Crippen LogP contribution in [0.3, 0.4) is 0 Å². The molecule has 0 amide bonds. The molecule has 0 bridgehead atoms. The molecule has 1 N–H and O–H groups in total. The molecule has 0 aromatic heterocycles. The van der Waals surface area contributed by atoms with Crippen LogP contribution in [0.4, 0.5) is 0 Å². The average Bonchev–Trinajstić information content (AvgIpc) is 2.98. The van der Waals surface area contributed by atoms with Gasteiger partial charge in [0.1, 0.15) is 5.75 Å². The molecular weight excluding hydrogens is 282 g/mol. The minimum Gasteiger partial charge on any atom is -0.492 e. The lowest BCUT2D eigenvalue weighted by Gasteiger charge is -2.11. The molecule has 0 saturated heterocycles. The van der Waals surface area contributed by atoms with Gasteiger partial charge in [0.2, 0.25) is 0 Å². The number of para-hydroxylation sites is 1. The Morgan fingerprint density at radius 1 is 1.24 bits per heavy atom. The smallest absolute Gasteiger partial charge is 0.130 e. The van der Waals surface area contributed by atoms with Crippen LogP contribution >= 0.6 is 11.6 Å². The summed E-state index contributed by atoms with van der Waals surface area (Å²) in [5.41, 5.74) is 4.77. The SMILES string of the molecule is CCCNCc1cc(-c2cccc3c2OCC3)ccc1Cl. The Hall–Kier alpha value is -1.51. The van der Waals surface area contributed by atoms with Crippen molar-refractivity contribution in [2.24, 2.45) is 0 Å². The molecule has 0 unspecified atom stereocenters. The maximum absolute atomic E-state index is 6.31. The van der Waals surface area contributed by atoms with Crippen LogP contribution in [-0.4, -0.2) is 13.2 Å². The van der Waals surface area contributed by atoms with E-state index in [9.17, 15) is 0 Å². The normalized spacial score (nSPS) is 13.0. The van der Waals surface area contributed by atoms with Crippen LogP contribution in [0.2, 0.25) is 5.02 Å². The highest BCUT2D eigenvalue weighted by Crippen LogP contribution is 2.37. The minimum absolute atomic E-state index is 0.783. The number of ether oxygens (including phenoxy) is 1. The predicted molar refractivity (Wildman–Crippen MR) is 88.1 cm³/mol. The van der Waals surface area contributed by atoms with E-state index in [0.29, 0.717) is 0 Å². The van der Waals surface area contributed by atoms with Crippen molar-refractivity contribution >= 4 is 11.6 Å². The molecule has 0 atom stereocenters. The molecule has 0 fully saturated rings. The van der Waals surface area contributed by atoms with Gasteiger partial charge in [0.25, 0.3) is 0 Å². The lowest BCUT2D eigenvalue weighted by molar-refractivity contribution is 0.358. The summed E-state index contributed by atoms with van der Waals surface area (Å²) in [4.78, 5) is 0. The van der Waals surface area contributed by atoms with Crippen molar-refractivity contribution < 1.29 is 4.74 Å². The average molecular weight is 302 g/mol. The largest absolute Gasteiger partial charge is 0.492 e. The van der Waals surface area contributed by atoms with Gasteiger partial charge in [0.05, 0.1) is 6.61 Å². The van der Waals surface area contributed by atoms with Crippen LogP contribution in [0.1, 0.15) is 24.5 Å². The van der Waals surface area contributed by atoms with Crippen LogP contribution in [0.25, 0.3) is 11.1 Å². The Morgan fingerprint density at radius 2 is 2.14 bits per heavy atom. The van der Waals surface area contributed by atoms with Crippen molar-refractivity contribution in [2.45, 2.75) is 26.3 Å². The number of hydrogen-bond donors (Lipinski definition) is 1. The van der Waals surface area contributed by atoms with Gasteiger partial charge < -0.3 is 10.1 Å². The molecule has 0 aliphatic carbocycles. The molecule has 1 aliphatic rings. The maximum Gasteiger partial charge on any atom is 0.130 e. The fraction of sp³-hybridized carbons (Fsp3) is 0.333. The van der Waals surface area contributed by atoms with Crippen molar-refractivity contribution in [3.63, 3.8) is 0 Å². The van der Waals surface area contributed by atoms with E-state index >= 15 is 0 Å². The van der Waals surface area contributed by atoms with Gasteiger partial charge in [-0.2, -0.15) is 0 Å². The Kier molecular flexibility index (Phi) is 4.47. The highest BCUT2D eigenvalue weighted by Gasteiger charge is 2.17. The summed E-state index contributed by atoms with van der Waals surface area (Å²) in [5, 5.41) is 4.22. The predicted octanol–water partition coefficient (Wildman–Crippen LogP) is 4.44. The van der Waals surface area contributed by atoms with Crippen LogP contribution in [0.15, 0.2) is 36.4 Å². The molecule has 2 aromatic rings. The van der Waals surface area contributed by atoms with Gasteiger partial charge in [0, 0.05) is 23.6 Å². The molecule has 110 valence electrons. The lowest BCUT2D eigenvalue weighted by atomic mass is 9.99. The summed E-state index contributed by atoms with van der Waals surface area (Å²) in [5.74, 6) is 1.03. The van der Waals surface area contributed by atoms with Crippen LogP contribution in [0.5, 0.6) is 5.75 Å². The first kappa shape index (κ1) is 14.4. The van der Waals surface area contributed by atoms with E-state index in [4.69, 9.17) is 16.3 Å². The zero-order valence-electron chi connectivity index (χ0n) is 12.3. The summed E-state index contributed by atoms with van der Waals surface area (Å²) in [6.07, 6.45) is 2.12. The second kappa shape index (κ2) is 6.50. The second-order valence-electron chi connectivity index (χ2n) is 5.38. The molecule has 21 heavy (non-hydrogen) atoms. The second-order valence-corrected chi connectivity index (χ2v) is 5.78. The monoisotopic (exact) mass is 301 g/mol. The van der Waals surface area contributed by atoms with E-state index in [-0.39, 0.29) is 0 Å². The highest BCUT2D eigenvalue weighted by molar-refractivity contribution is 6.31. The van der Waals surface area contributed by atoms with Crippen molar-refractivity contribution in [3.05, 3.63) is 52.5 Å². The molecule has 2 nitrogen and oxygen atoms in total. The highest BCUT2D eigenvalue weighted by atomic mass is 35.5. The standard InChI is InChI=1S/C18H20ClNO/c1-2-9-20-12-15-11-14(6-7-17(15)19)16-5-3-4-13-8-10-21-18(13)16/h3-7,11,20H,2,8-10,12H2,1H3. The van der Waals surface area contributed by atoms with Gasteiger partial charge in [0.15, 0.2) is 0 Å². The summed E-state index contributed by atoms with van der Waals surface area (Å²) in [6.45, 7) is 4.75. The van der Waals surface area contributed by atoms with Crippen molar-refractivity contribution in [3.8, 4) is 16.9 Å². The first-order valence-electron chi connectivity index (χ1n) is 7.54. The molecule has 0 radical (unpaired) electrons. The molecule has 1 aliphatic heterocycles. The van der Waals surface area contributed by atoms with E-state index in [1.54, 1.807) is 0 Å².